The Bertz CT molecular complexity index is 862. The minimum Gasteiger partial charge on any atom is -0.327 e. The van der Waals surface area contributed by atoms with Crippen molar-refractivity contribution in [1.29, 1.82) is 0 Å². The lowest BCUT2D eigenvalue weighted by molar-refractivity contribution is 0.102. The summed E-state index contributed by atoms with van der Waals surface area (Å²) in [4.78, 5) is 25.0. The Labute approximate surface area is 149 Å². The van der Waals surface area contributed by atoms with Gasteiger partial charge in [-0.05, 0) is 30.7 Å². The molecule has 2 aromatic carbocycles. The molecule has 6 heteroatoms. The molecule has 1 heterocycles. The lowest BCUT2D eigenvalue weighted by Gasteiger charge is -2.29. The number of allylic oxidation sites excluding steroid dienone is 1. The fraction of sp³-hybridized carbons (Fsp3) is 0.111. The number of ketones is 1. The van der Waals surface area contributed by atoms with Crippen molar-refractivity contribution in [2.24, 2.45) is 0 Å². The normalized spacial score (nSPS) is 17.3. The van der Waals surface area contributed by atoms with Crippen LogP contribution in [0.4, 0.5) is 4.79 Å². The van der Waals surface area contributed by atoms with E-state index in [-0.39, 0.29) is 11.8 Å². The van der Waals surface area contributed by atoms with E-state index in [1.54, 1.807) is 49.4 Å². The Kier molecular flexibility index (Phi) is 4.60. The van der Waals surface area contributed by atoms with E-state index in [1.165, 1.54) is 0 Å². The molecule has 24 heavy (non-hydrogen) atoms. The average Bonchev–Trinajstić information content (AvgIpc) is 2.54. The third kappa shape index (κ3) is 3.03. The number of Topliss-reactive ketones (excluding diaryl/α,β-unsaturated/α-hetero) is 1. The summed E-state index contributed by atoms with van der Waals surface area (Å²) in [7, 11) is 0. The Hall–Kier alpha value is -2.30. The van der Waals surface area contributed by atoms with Crippen LogP contribution in [0.15, 0.2) is 59.8 Å². The van der Waals surface area contributed by atoms with Crippen LogP contribution in [0.25, 0.3) is 0 Å². The zero-order valence-electron chi connectivity index (χ0n) is 12.8. The predicted octanol–water partition coefficient (Wildman–Crippen LogP) is 4.50. The lowest BCUT2D eigenvalue weighted by atomic mass is 9.89. The van der Waals surface area contributed by atoms with Crippen molar-refractivity contribution in [3.63, 3.8) is 0 Å². The Morgan fingerprint density at radius 3 is 2.29 bits per heavy atom. The molecular weight excluding hydrogens is 347 g/mol. The summed E-state index contributed by atoms with van der Waals surface area (Å²) < 4.78 is 0. The van der Waals surface area contributed by atoms with Crippen LogP contribution in [-0.4, -0.2) is 11.8 Å². The lowest BCUT2D eigenvalue weighted by Crippen LogP contribution is -2.45. The van der Waals surface area contributed by atoms with Gasteiger partial charge in [-0.1, -0.05) is 53.5 Å². The topological polar surface area (TPSA) is 58.2 Å². The number of carbonyl (C=O) groups excluding carboxylic acids is 2. The van der Waals surface area contributed by atoms with Gasteiger partial charge in [0.05, 0.1) is 11.1 Å². The Morgan fingerprint density at radius 2 is 1.62 bits per heavy atom. The number of urea groups is 1. The van der Waals surface area contributed by atoms with Gasteiger partial charge in [0.1, 0.15) is 0 Å². The molecule has 0 fully saturated rings. The molecular formula is C18H14Cl2N2O2. The smallest absolute Gasteiger partial charge is 0.319 e. The molecule has 1 atom stereocenters. The predicted molar refractivity (Wildman–Crippen MR) is 94.3 cm³/mol. The first-order chi connectivity index (χ1) is 11.5. The van der Waals surface area contributed by atoms with Gasteiger partial charge in [-0.15, -0.1) is 0 Å². The van der Waals surface area contributed by atoms with Crippen LogP contribution >= 0.6 is 23.2 Å². The summed E-state index contributed by atoms with van der Waals surface area (Å²) in [6.45, 7) is 1.69. The van der Waals surface area contributed by atoms with E-state index in [1.807, 2.05) is 6.07 Å². The summed E-state index contributed by atoms with van der Waals surface area (Å²) in [5, 5.41) is 6.24. The summed E-state index contributed by atoms with van der Waals surface area (Å²) in [5.74, 6) is -0.254. The summed E-state index contributed by atoms with van der Waals surface area (Å²) >= 11 is 12.4. The molecule has 2 N–H and O–H groups in total. The van der Waals surface area contributed by atoms with Crippen molar-refractivity contribution in [2.75, 3.05) is 0 Å². The molecule has 3 rings (SSSR count). The SMILES string of the molecule is CC1=C(C(=O)c2ccccc2Cl)[C@H](c2ccccc2Cl)NC(=O)N1. The maximum absolute atomic E-state index is 13.1. The van der Waals surface area contributed by atoms with E-state index in [9.17, 15) is 9.59 Å². The van der Waals surface area contributed by atoms with Crippen molar-refractivity contribution in [1.82, 2.24) is 10.6 Å². The van der Waals surface area contributed by atoms with Crippen LogP contribution in [0, 0.1) is 0 Å². The summed E-state index contributed by atoms with van der Waals surface area (Å²) in [5.41, 5.74) is 1.93. The largest absolute Gasteiger partial charge is 0.327 e. The van der Waals surface area contributed by atoms with E-state index in [0.717, 1.165) is 0 Å². The number of benzene rings is 2. The molecule has 0 aliphatic carbocycles. The minimum absolute atomic E-state index is 0.254. The van der Waals surface area contributed by atoms with Gasteiger partial charge in [-0.25, -0.2) is 4.79 Å². The average molecular weight is 361 g/mol. The molecule has 0 bridgehead atoms. The van der Waals surface area contributed by atoms with Crippen LogP contribution in [0.2, 0.25) is 10.0 Å². The number of hydrogen-bond donors (Lipinski definition) is 2. The van der Waals surface area contributed by atoms with E-state index in [2.05, 4.69) is 10.6 Å². The summed E-state index contributed by atoms with van der Waals surface area (Å²) in [6, 6.07) is 12.9. The molecule has 0 spiro atoms. The van der Waals surface area contributed by atoms with Crippen LogP contribution in [0.5, 0.6) is 0 Å². The van der Waals surface area contributed by atoms with Crippen molar-refractivity contribution in [2.45, 2.75) is 13.0 Å². The second-order valence-electron chi connectivity index (χ2n) is 5.40. The van der Waals surface area contributed by atoms with Gasteiger partial charge in [0.25, 0.3) is 0 Å². The van der Waals surface area contributed by atoms with Gasteiger partial charge in [0.15, 0.2) is 5.78 Å². The Morgan fingerprint density at radius 1 is 1.00 bits per heavy atom. The van der Waals surface area contributed by atoms with E-state index >= 15 is 0 Å². The van der Waals surface area contributed by atoms with Crippen LogP contribution in [0.3, 0.4) is 0 Å². The first-order valence-electron chi connectivity index (χ1n) is 7.31. The van der Waals surface area contributed by atoms with Gasteiger partial charge in [0, 0.05) is 21.9 Å². The zero-order valence-corrected chi connectivity index (χ0v) is 14.3. The zero-order chi connectivity index (χ0) is 17.3. The molecule has 1 aliphatic heterocycles. The first kappa shape index (κ1) is 16.6. The van der Waals surface area contributed by atoms with Gasteiger partial charge >= 0.3 is 6.03 Å². The molecule has 4 nitrogen and oxygen atoms in total. The molecule has 1 aliphatic rings. The molecule has 122 valence electrons. The van der Waals surface area contributed by atoms with Gasteiger partial charge in [-0.2, -0.15) is 0 Å². The fourth-order valence-corrected chi connectivity index (χ4v) is 3.19. The van der Waals surface area contributed by atoms with E-state index in [0.29, 0.717) is 32.4 Å². The quantitative estimate of drug-likeness (QED) is 0.791. The molecule has 0 radical (unpaired) electrons. The van der Waals surface area contributed by atoms with Gasteiger partial charge in [0.2, 0.25) is 0 Å². The molecule has 0 saturated heterocycles. The second-order valence-corrected chi connectivity index (χ2v) is 6.22. The number of rotatable bonds is 3. The standard InChI is InChI=1S/C18H14Cl2N2O2/c1-10-15(17(23)12-7-3-5-9-14(12)20)16(22-18(24)21-10)11-6-2-4-8-13(11)19/h2-9,16H,1H3,(H2,21,22,24)/t16-/m0/s1. The van der Waals surface area contributed by atoms with Crippen molar-refractivity contribution in [3.8, 4) is 0 Å². The molecule has 0 aromatic heterocycles. The summed E-state index contributed by atoms with van der Waals surface area (Å²) in [6.07, 6.45) is 0. The van der Waals surface area contributed by atoms with Gasteiger partial charge in [-0.3, -0.25) is 4.79 Å². The Balaban J connectivity index is 2.13. The number of halogens is 2. The molecule has 0 saturated carbocycles. The highest BCUT2D eigenvalue weighted by Gasteiger charge is 2.33. The number of nitrogens with one attached hydrogen (secondary N) is 2. The monoisotopic (exact) mass is 360 g/mol. The van der Waals surface area contributed by atoms with E-state index in [4.69, 9.17) is 23.2 Å². The highest BCUT2D eigenvalue weighted by Crippen LogP contribution is 2.34. The van der Waals surface area contributed by atoms with E-state index < -0.39 is 6.04 Å². The molecule has 0 unspecified atom stereocenters. The van der Waals surface area contributed by atoms with Crippen molar-refractivity contribution in [3.05, 3.63) is 81.0 Å². The highest BCUT2D eigenvalue weighted by atomic mass is 35.5. The van der Waals surface area contributed by atoms with Gasteiger partial charge < -0.3 is 10.6 Å². The molecule has 2 amide bonds. The third-order valence-electron chi connectivity index (χ3n) is 3.85. The maximum atomic E-state index is 13.1. The number of amides is 2. The molecule has 2 aromatic rings. The minimum atomic E-state index is -0.642. The van der Waals surface area contributed by atoms with Crippen molar-refractivity contribution < 1.29 is 9.59 Å². The highest BCUT2D eigenvalue weighted by molar-refractivity contribution is 6.35. The number of hydrogen-bond acceptors (Lipinski definition) is 2. The van der Waals surface area contributed by atoms with Crippen LogP contribution in [0.1, 0.15) is 28.9 Å². The maximum Gasteiger partial charge on any atom is 0.319 e. The van der Waals surface area contributed by atoms with Crippen molar-refractivity contribution >= 4 is 35.0 Å². The van der Waals surface area contributed by atoms with Crippen LogP contribution in [-0.2, 0) is 0 Å². The fourth-order valence-electron chi connectivity index (χ4n) is 2.73. The van der Waals surface area contributed by atoms with Crippen LogP contribution < -0.4 is 10.6 Å². The third-order valence-corrected chi connectivity index (χ3v) is 4.52. The first-order valence-corrected chi connectivity index (χ1v) is 8.06. The second kappa shape index (κ2) is 6.67. The number of carbonyl (C=O) groups is 2.